The molecule has 1 saturated carbocycles. The fourth-order valence-electron chi connectivity index (χ4n) is 3.41. The molecule has 0 saturated heterocycles. The van der Waals surface area contributed by atoms with Crippen LogP contribution in [-0.4, -0.2) is 31.2 Å². The molecule has 1 aliphatic rings. The smallest absolute Gasteiger partial charge is 0.253 e. The van der Waals surface area contributed by atoms with Crippen LogP contribution in [0.25, 0.3) is 0 Å². The van der Waals surface area contributed by atoms with Crippen molar-refractivity contribution in [2.45, 2.75) is 44.6 Å². The fraction of sp³-hybridized carbons (Fsp3) is 0.429. The van der Waals surface area contributed by atoms with Crippen molar-refractivity contribution in [1.29, 1.82) is 0 Å². The molecular weight excluding hydrogens is 342 g/mol. The van der Waals surface area contributed by atoms with E-state index in [9.17, 15) is 4.79 Å². The number of rotatable bonds is 6. The van der Waals surface area contributed by atoms with E-state index >= 15 is 0 Å². The van der Waals surface area contributed by atoms with Gasteiger partial charge in [-0.3, -0.25) is 9.78 Å². The average Bonchev–Trinajstić information content (AvgIpc) is 2.96. The van der Waals surface area contributed by atoms with Crippen LogP contribution in [0.2, 0.25) is 0 Å². The highest BCUT2D eigenvalue weighted by Gasteiger charge is 2.16. The van der Waals surface area contributed by atoms with Gasteiger partial charge >= 0.3 is 0 Å². The number of nitrogens with zero attached hydrogens (tertiary/aromatic N) is 1. The summed E-state index contributed by atoms with van der Waals surface area (Å²) in [4.78, 5) is 16.8. The first-order valence-electron chi connectivity index (χ1n) is 9.44. The second-order valence-electron chi connectivity index (χ2n) is 6.82. The van der Waals surface area contributed by atoms with Crippen molar-refractivity contribution >= 4 is 17.3 Å². The SMILES string of the molecule is COc1ccc(Nc2cncc(C(=O)NC3CCCCCC3)c2)cc1OC. The van der Waals surface area contributed by atoms with E-state index in [2.05, 4.69) is 15.6 Å². The number of pyridine rings is 1. The van der Waals surface area contributed by atoms with Gasteiger partial charge in [0, 0.05) is 24.0 Å². The molecule has 2 N–H and O–H groups in total. The standard InChI is InChI=1S/C21H27N3O3/c1-26-19-10-9-17(12-20(19)27-2)23-18-11-15(13-22-14-18)21(25)24-16-7-5-3-4-6-8-16/h9-14,16,23H,3-8H2,1-2H3,(H,24,25). The maximum atomic E-state index is 12.6. The van der Waals surface area contributed by atoms with Crippen molar-refractivity contribution in [3.05, 3.63) is 42.2 Å². The minimum absolute atomic E-state index is 0.0645. The van der Waals surface area contributed by atoms with Crippen molar-refractivity contribution in [2.75, 3.05) is 19.5 Å². The molecule has 0 radical (unpaired) electrons. The van der Waals surface area contributed by atoms with Crippen molar-refractivity contribution in [1.82, 2.24) is 10.3 Å². The Hall–Kier alpha value is -2.76. The normalized spacial score (nSPS) is 14.9. The van der Waals surface area contributed by atoms with Crippen LogP contribution >= 0.6 is 0 Å². The minimum Gasteiger partial charge on any atom is -0.493 e. The Morgan fingerprint density at radius 1 is 0.963 bits per heavy atom. The molecule has 1 aromatic carbocycles. The molecule has 2 aromatic rings. The van der Waals surface area contributed by atoms with Crippen molar-refractivity contribution in [2.24, 2.45) is 0 Å². The van der Waals surface area contributed by atoms with Gasteiger partial charge in [-0.15, -0.1) is 0 Å². The van der Waals surface area contributed by atoms with E-state index in [0.29, 0.717) is 17.1 Å². The number of carbonyl (C=O) groups is 1. The lowest BCUT2D eigenvalue weighted by atomic mass is 10.1. The average molecular weight is 369 g/mol. The van der Waals surface area contributed by atoms with Gasteiger partial charge in [0.05, 0.1) is 31.7 Å². The van der Waals surface area contributed by atoms with E-state index in [-0.39, 0.29) is 11.9 Å². The summed E-state index contributed by atoms with van der Waals surface area (Å²) in [6.07, 6.45) is 10.3. The molecule has 0 atom stereocenters. The molecule has 1 aromatic heterocycles. The summed E-state index contributed by atoms with van der Waals surface area (Å²) in [6.45, 7) is 0. The third-order valence-corrected chi connectivity index (χ3v) is 4.86. The first-order chi connectivity index (χ1) is 13.2. The molecule has 1 amide bonds. The van der Waals surface area contributed by atoms with E-state index in [4.69, 9.17) is 9.47 Å². The third-order valence-electron chi connectivity index (χ3n) is 4.86. The van der Waals surface area contributed by atoms with Gasteiger partial charge in [-0.05, 0) is 31.0 Å². The molecule has 0 bridgehead atoms. The summed E-state index contributed by atoms with van der Waals surface area (Å²) in [7, 11) is 3.20. The molecule has 0 unspecified atom stereocenters. The zero-order valence-electron chi connectivity index (χ0n) is 16.0. The molecule has 0 spiro atoms. The molecule has 1 fully saturated rings. The maximum Gasteiger partial charge on any atom is 0.253 e. The van der Waals surface area contributed by atoms with Gasteiger partial charge < -0.3 is 20.1 Å². The van der Waals surface area contributed by atoms with Crippen LogP contribution in [0.5, 0.6) is 11.5 Å². The van der Waals surface area contributed by atoms with Gasteiger partial charge in [0.25, 0.3) is 5.91 Å². The van der Waals surface area contributed by atoms with Gasteiger partial charge in [0.15, 0.2) is 11.5 Å². The number of carbonyl (C=O) groups excluding carboxylic acids is 1. The molecule has 6 heteroatoms. The summed E-state index contributed by atoms with van der Waals surface area (Å²) in [6, 6.07) is 7.64. The Morgan fingerprint density at radius 2 is 1.70 bits per heavy atom. The van der Waals surface area contributed by atoms with Gasteiger partial charge in [-0.25, -0.2) is 0 Å². The predicted octanol–water partition coefficient (Wildman–Crippen LogP) is 4.30. The Labute approximate surface area is 160 Å². The molecule has 144 valence electrons. The highest BCUT2D eigenvalue weighted by atomic mass is 16.5. The lowest BCUT2D eigenvalue weighted by Gasteiger charge is -2.16. The Balaban J connectivity index is 1.68. The zero-order valence-corrected chi connectivity index (χ0v) is 16.0. The Morgan fingerprint density at radius 3 is 2.41 bits per heavy atom. The largest absolute Gasteiger partial charge is 0.493 e. The number of nitrogens with one attached hydrogen (secondary N) is 2. The molecule has 27 heavy (non-hydrogen) atoms. The quantitative estimate of drug-likeness (QED) is 0.743. The van der Waals surface area contributed by atoms with Crippen LogP contribution in [0.1, 0.15) is 48.9 Å². The van der Waals surface area contributed by atoms with E-state index in [1.54, 1.807) is 26.6 Å². The molecule has 1 aliphatic carbocycles. The first-order valence-corrected chi connectivity index (χ1v) is 9.44. The van der Waals surface area contributed by atoms with Crippen LogP contribution in [0.4, 0.5) is 11.4 Å². The predicted molar refractivity (Wildman–Crippen MR) is 106 cm³/mol. The monoisotopic (exact) mass is 369 g/mol. The van der Waals surface area contributed by atoms with Crippen LogP contribution in [0.15, 0.2) is 36.7 Å². The van der Waals surface area contributed by atoms with E-state index in [1.165, 1.54) is 25.7 Å². The lowest BCUT2D eigenvalue weighted by molar-refractivity contribution is 0.0933. The van der Waals surface area contributed by atoms with E-state index in [1.807, 2.05) is 24.3 Å². The van der Waals surface area contributed by atoms with Crippen molar-refractivity contribution in [3.8, 4) is 11.5 Å². The second kappa shape index (κ2) is 9.26. The summed E-state index contributed by atoms with van der Waals surface area (Å²) in [5.74, 6) is 1.24. The molecular formula is C21H27N3O3. The number of amides is 1. The summed E-state index contributed by atoms with van der Waals surface area (Å²) < 4.78 is 10.6. The van der Waals surface area contributed by atoms with Crippen LogP contribution in [-0.2, 0) is 0 Å². The maximum absolute atomic E-state index is 12.6. The Kier molecular flexibility index (Phi) is 6.52. The number of methoxy groups -OCH3 is 2. The number of aromatic nitrogens is 1. The van der Waals surface area contributed by atoms with Crippen molar-refractivity contribution < 1.29 is 14.3 Å². The minimum atomic E-state index is -0.0645. The number of hydrogen-bond acceptors (Lipinski definition) is 5. The van der Waals surface area contributed by atoms with Crippen LogP contribution in [0, 0.1) is 0 Å². The highest BCUT2D eigenvalue weighted by molar-refractivity contribution is 5.95. The second-order valence-corrected chi connectivity index (χ2v) is 6.82. The van der Waals surface area contributed by atoms with Gasteiger partial charge in [0.2, 0.25) is 0 Å². The molecule has 3 rings (SSSR count). The molecule has 1 heterocycles. The van der Waals surface area contributed by atoms with E-state index < -0.39 is 0 Å². The van der Waals surface area contributed by atoms with Gasteiger partial charge in [-0.1, -0.05) is 25.7 Å². The summed E-state index contributed by atoms with van der Waals surface area (Å²) >= 11 is 0. The highest BCUT2D eigenvalue weighted by Crippen LogP contribution is 2.31. The van der Waals surface area contributed by atoms with Gasteiger partial charge in [-0.2, -0.15) is 0 Å². The van der Waals surface area contributed by atoms with Gasteiger partial charge in [0.1, 0.15) is 0 Å². The number of benzene rings is 1. The first kappa shape index (κ1) is 19.0. The fourth-order valence-corrected chi connectivity index (χ4v) is 3.41. The molecule has 6 nitrogen and oxygen atoms in total. The van der Waals surface area contributed by atoms with Crippen molar-refractivity contribution in [3.63, 3.8) is 0 Å². The zero-order chi connectivity index (χ0) is 19.1. The summed E-state index contributed by atoms with van der Waals surface area (Å²) in [5.41, 5.74) is 2.14. The number of hydrogen-bond donors (Lipinski definition) is 2. The van der Waals surface area contributed by atoms with E-state index in [0.717, 1.165) is 24.2 Å². The number of ether oxygens (including phenoxy) is 2. The Bertz CT molecular complexity index is 771. The topological polar surface area (TPSA) is 72.5 Å². The molecule has 0 aliphatic heterocycles. The van der Waals surface area contributed by atoms with Crippen LogP contribution < -0.4 is 20.1 Å². The number of anilines is 2. The lowest BCUT2D eigenvalue weighted by Crippen LogP contribution is -2.34. The third kappa shape index (κ3) is 5.12. The van der Waals surface area contributed by atoms with Crippen LogP contribution in [0.3, 0.4) is 0 Å². The summed E-state index contributed by atoms with van der Waals surface area (Å²) in [5, 5.41) is 6.42.